The topological polar surface area (TPSA) is 72.7 Å². The smallest absolute Gasteiger partial charge is 0.230 e. The molecule has 0 bridgehead atoms. The van der Waals surface area contributed by atoms with E-state index >= 15 is 0 Å². The van der Waals surface area contributed by atoms with E-state index in [1.54, 1.807) is 0 Å². The van der Waals surface area contributed by atoms with Crippen LogP contribution in [0.2, 0.25) is 0 Å². The van der Waals surface area contributed by atoms with Crippen LogP contribution in [0.1, 0.15) is 43.0 Å². The van der Waals surface area contributed by atoms with Gasteiger partial charge in [-0.15, -0.1) is 5.10 Å². The number of rotatable bonds is 6. The largest absolute Gasteiger partial charge is 0.349 e. The molecule has 0 radical (unpaired) electrons. The maximum atomic E-state index is 12.1. The predicted molar refractivity (Wildman–Crippen MR) is 84.5 cm³/mol. The molecule has 1 aromatic carbocycles. The SMILES string of the molecule is Cc1ccccc1[C@@H](C)NC(=O)CSc1nnnn1C1CC1. The molecular weight excluding hydrogens is 298 g/mol. The fourth-order valence-electron chi connectivity index (χ4n) is 2.39. The summed E-state index contributed by atoms with van der Waals surface area (Å²) >= 11 is 1.39. The zero-order valence-corrected chi connectivity index (χ0v) is 13.5. The summed E-state index contributed by atoms with van der Waals surface area (Å²) in [5.74, 6) is 0.314. The van der Waals surface area contributed by atoms with Gasteiger partial charge in [0.1, 0.15) is 0 Å². The molecule has 6 nitrogen and oxygen atoms in total. The Hall–Kier alpha value is -1.89. The number of thioether (sulfide) groups is 1. The van der Waals surface area contributed by atoms with Crippen molar-refractivity contribution in [2.24, 2.45) is 0 Å². The zero-order valence-electron chi connectivity index (χ0n) is 12.7. The van der Waals surface area contributed by atoms with Gasteiger partial charge in [0.25, 0.3) is 0 Å². The molecule has 0 aliphatic heterocycles. The minimum atomic E-state index is -0.00824. The highest BCUT2D eigenvalue weighted by Crippen LogP contribution is 2.36. The Morgan fingerprint density at radius 2 is 2.23 bits per heavy atom. The van der Waals surface area contributed by atoms with E-state index in [0.717, 1.165) is 23.6 Å². The molecule has 7 heteroatoms. The molecule has 1 N–H and O–H groups in total. The molecule has 1 saturated carbocycles. The number of hydrogen-bond acceptors (Lipinski definition) is 5. The van der Waals surface area contributed by atoms with Gasteiger partial charge in [0.2, 0.25) is 11.1 Å². The van der Waals surface area contributed by atoms with Crippen LogP contribution in [0.15, 0.2) is 29.4 Å². The lowest BCUT2D eigenvalue weighted by molar-refractivity contribution is -0.119. The summed E-state index contributed by atoms with van der Waals surface area (Å²) in [6.45, 7) is 4.05. The van der Waals surface area contributed by atoms with E-state index in [1.165, 1.54) is 17.3 Å². The molecule has 1 heterocycles. The van der Waals surface area contributed by atoms with Crippen molar-refractivity contribution in [2.45, 2.75) is 43.9 Å². The van der Waals surface area contributed by atoms with Crippen molar-refractivity contribution in [1.29, 1.82) is 0 Å². The maximum absolute atomic E-state index is 12.1. The molecule has 1 aromatic heterocycles. The Morgan fingerprint density at radius 3 is 2.95 bits per heavy atom. The van der Waals surface area contributed by atoms with Gasteiger partial charge in [-0.05, 0) is 48.2 Å². The Morgan fingerprint density at radius 1 is 1.45 bits per heavy atom. The lowest BCUT2D eigenvalue weighted by Gasteiger charge is -2.16. The molecule has 3 rings (SSSR count). The summed E-state index contributed by atoms with van der Waals surface area (Å²) < 4.78 is 1.82. The van der Waals surface area contributed by atoms with Gasteiger partial charge in [-0.3, -0.25) is 4.79 Å². The minimum Gasteiger partial charge on any atom is -0.349 e. The summed E-state index contributed by atoms with van der Waals surface area (Å²) in [4.78, 5) is 12.1. The van der Waals surface area contributed by atoms with Crippen molar-refractivity contribution >= 4 is 17.7 Å². The van der Waals surface area contributed by atoms with Gasteiger partial charge < -0.3 is 5.32 Å². The number of nitrogens with zero attached hydrogens (tertiary/aromatic N) is 4. The summed E-state index contributed by atoms with van der Waals surface area (Å²) in [5, 5.41) is 15.4. The molecule has 0 unspecified atom stereocenters. The van der Waals surface area contributed by atoms with Gasteiger partial charge in [0, 0.05) is 0 Å². The van der Waals surface area contributed by atoms with Crippen LogP contribution in [0.25, 0.3) is 0 Å². The molecule has 2 aromatic rings. The fraction of sp³-hybridized carbons (Fsp3) is 0.467. The number of tetrazole rings is 1. The molecule has 22 heavy (non-hydrogen) atoms. The fourth-order valence-corrected chi connectivity index (χ4v) is 3.15. The van der Waals surface area contributed by atoms with E-state index in [9.17, 15) is 4.79 Å². The third kappa shape index (κ3) is 3.47. The summed E-state index contributed by atoms with van der Waals surface area (Å²) in [5.41, 5.74) is 2.32. The Kier molecular flexibility index (Phi) is 4.42. The molecule has 1 atom stereocenters. The highest BCUT2D eigenvalue weighted by atomic mass is 32.2. The number of amides is 1. The molecule has 1 fully saturated rings. The maximum Gasteiger partial charge on any atom is 0.230 e. The Labute approximate surface area is 133 Å². The number of carbonyl (C=O) groups is 1. The summed E-state index contributed by atoms with van der Waals surface area (Å²) in [6.07, 6.45) is 2.24. The number of aryl methyl sites for hydroxylation is 1. The molecule has 1 aliphatic carbocycles. The third-order valence-corrected chi connectivity index (χ3v) is 4.65. The Balaban J connectivity index is 1.54. The first-order valence-corrected chi connectivity index (χ1v) is 8.39. The van der Waals surface area contributed by atoms with Gasteiger partial charge in [-0.2, -0.15) is 0 Å². The third-order valence-electron chi connectivity index (χ3n) is 3.72. The van der Waals surface area contributed by atoms with Crippen LogP contribution in [0.5, 0.6) is 0 Å². The average Bonchev–Trinajstić information content (AvgIpc) is 3.24. The van der Waals surface area contributed by atoms with Crippen molar-refractivity contribution in [3.63, 3.8) is 0 Å². The molecule has 0 saturated heterocycles. The van der Waals surface area contributed by atoms with E-state index in [1.807, 2.05) is 29.8 Å². The highest BCUT2D eigenvalue weighted by molar-refractivity contribution is 7.99. The number of carbonyl (C=O) groups excluding carboxylic acids is 1. The van der Waals surface area contributed by atoms with Gasteiger partial charge >= 0.3 is 0 Å². The average molecular weight is 317 g/mol. The predicted octanol–water partition coefficient (Wildman–Crippen LogP) is 2.29. The number of hydrogen-bond donors (Lipinski definition) is 1. The number of nitrogens with one attached hydrogen (secondary N) is 1. The van der Waals surface area contributed by atoms with Crippen molar-refractivity contribution < 1.29 is 4.79 Å². The van der Waals surface area contributed by atoms with Crippen LogP contribution in [-0.4, -0.2) is 31.9 Å². The first-order chi connectivity index (χ1) is 10.6. The molecule has 1 amide bonds. The van der Waals surface area contributed by atoms with E-state index in [2.05, 4.69) is 33.8 Å². The van der Waals surface area contributed by atoms with Crippen LogP contribution in [0, 0.1) is 6.92 Å². The van der Waals surface area contributed by atoms with E-state index < -0.39 is 0 Å². The second-order valence-electron chi connectivity index (χ2n) is 5.57. The van der Waals surface area contributed by atoms with Gasteiger partial charge in [-0.25, -0.2) is 4.68 Å². The minimum absolute atomic E-state index is 0.00581. The summed E-state index contributed by atoms with van der Waals surface area (Å²) in [6, 6.07) is 8.50. The molecular formula is C15H19N5OS. The van der Waals surface area contributed by atoms with Crippen molar-refractivity contribution in [1.82, 2.24) is 25.5 Å². The zero-order chi connectivity index (χ0) is 15.5. The van der Waals surface area contributed by atoms with Gasteiger partial charge in [0.05, 0.1) is 17.8 Å². The van der Waals surface area contributed by atoms with Crippen LogP contribution >= 0.6 is 11.8 Å². The first-order valence-electron chi connectivity index (χ1n) is 7.40. The van der Waals surface area contributed by atoms with E-state index in [-0.39, 0.29) is 11.9 Å². The van der Waals surface area contributed by atoms with Crippen molar-refractivity contribution in [3.05, 3.63) is 35.4 Å². The van der Waals surface area contributed by atoms with Crippen LogP contribution in [0.4, 0.5) is 0 Å². The van der Waals surface area contributed by atoms with Crippen LogP contribution in [0.3, 0.4) is 0 Å². The molecule has 0 spiro atoms. The normalized spacial score (nSPS) is 15.5. The van der Waals surface area contributed by atoms with E-state index in [0.29, 0.717) is 11.8 Å². The van der Waals surface area contributed by atoms with Gasteiger partial charge in [-0.1, -0.05) is 36.0 Å². The number of benzene rings is 1. The summed E-state index contributed by atoms with van der Waals surface area (Å²) in [7, 11) is 0. The highest BCUT2D eigenvalue weighted by Gasteiger charge is 2.28. The quantitative estimate of drug-likeness (QED) is 0.828. The standard InChI is InChI=1S/C15H19N5OS/c1-10-5-3-4-6-13(10)11(2)16-14(21)9-22-15-17-18-19-20(15)12-7-8-12/h3-6,11-12H,7-9H2,1-2H3,(H,16,21)/t11-/m1/s1. The van der Waals surface area contributed by atoms with Crippen molar-refractivity contribution in [2.75, 3.05) is 5.75 Å². The van der Waals surface area contributed by atoms with Crippen LogP contribution in [-0.2, 0) is 4.79 Å². The van der Waals surface area contributed by atoms with E-state index in [4.69, 9.17) is 0 Å². The van der Waals surface area contributed by atoms with Gasteiger partial charge in [0.15, 0.2) is 0 Å². The van der Waals surface area contributed by atoms with Crippen molar-refractivity contribution in [3.8, 4) is 0 Å². The second-order valence-corrected chi connectivity index (χ2v) is 6.51. The second kappa shape index (κ2) is 6.48. The Bertz CT molecular complexity index is 667. The lowest BCUT2D eigenvalue weighted by atomic mass is 10.0. The first kappa shape index (κ1) is 15.0. The molecule has 116 valence electrons. The van der Waals surface area contributed by atoms with Crippen LogP contribution < -0.4 is 5.32 Å². The lowest BCUT2D eigenvalue weighted by Crippen LogP contribution is -2.28. The monoisotopic (exact) mass is 317 g/mol. The number of aromatic nitrogens is 4. The molecule has 1 aliphatic rings.